The van der Waals surface area contributed by atoms with E-state index in [0.29, 0.717) is 0 Å². The lowest BCUT2D eigenvalue weighted by molar-refractivity contribution is -0.128. The van der Waals surface area contributed by atoms with Gasteiger partial charge in [0.1, 0.15) is 0 Å². The molecule has 56 valence electrons. The first-order chi connectivity index (χ1) is 4.70. The lowest BCUT2D eigenvalue weighted by atomic mass is 9.60. The monoisotopic (exact) mass is 141 g/mol. The molecule has 1 saturated heterocycles. The molecule has 0 aromatic heterocycles. The van der Waals surface area contributed by atoms with Gasteiger partial charge in [-0.25, -0.2) is 0 Å². The molecule has 1 aliphatic heterocycles. The number of amides is 1. The van der Waals surface area contributed by atoms with Crippen LogP contribution >= 0.6 is 0 Å². The first-order valence-corrected chi connectivity index (χ1v) is 3.63. The SMILES string of the molecule is CC(=O)N1CCB(O)CC1. The molecule has 0 aromatic rings. The minimum atomic E-state index is -0.185. The Balaban J connectivity index is 2.33. The highest BCUT2D eigenvalue weighted by molar-refractivity contribution is 6.50. The second-order valence-electron chi connectivity index (χ2n) is 2.74. The average Bonchev–Trinajstić information content (AvgIpc) is 1.88. The number of carbonyl (C=O) groups is 1. The van der Waals surface area contributed by atoms with Crippen LogP contribution in [0.15, 0.2) is 0 Å². The van der Waals surface area contributed by atoms with E-state index in [2.05, 4.69) is 0 Å². The van der Waals surface area contributed by atoms with E-state index in [9.17, 15) is 4.79 Å². The minimum Gasteiger partial charge on any atom is -0.450 e. The Hall–Kier alpha value is -0.505. The van der Waals surface area contributed by atoms with E-state index in [-0.39, 0.29) is 12.8 Å². The molecule has 1 N–H and O–H groups in total. The van der Waals surface area contributed by atoms with Gasteiger partial charge in [-0.15, -0.1) is 0 Å². The van der Waals surface area contributed by atoms with Crippen LogP contribution in [0.4, 0.5) is 0 Å². The van der Waals surface area contributed by atoms with E-state index in [0.717, 1.165) is 25.7 Å². The summed E-state index contributed by atoms with van der Waals surface area (Å²) in [6.45, 7) is 2.82. The molecule has 1 heterocycles. The molecule has 0 aliphatic carbocycles. The van der Waals surface area contributed by atoms with E-state index in [1.807, 2.05) is 0 Å². The third-order valence-electron chi connectivity index (χ3n) is 1.91. The second-order valence-corrected chi connectivity index (χ2v) is 2.74. The Labute approximate surface area is 61.1 Å². The van der Waals surface area contributed by atoms with Crippen LogP contribution in [-0.4, -0.2) is 35.8 Å². The summed E-state index contributed by atoms with van der Waals surface area (Å²) >= 11 is 0. The molecule has 1 fully saturated rings. The van der Waals surface area contributed by atoms with Crippen molar-refractivity contribution in [1.82, 2.24) is 4.90 Å². The third kappa shape index (κ3) is 1.74. The Morgan fingerprint density at radius 3 is 2.40 bits per heavy atom. The highest BCUT2D eigenvalue weighted by Gasteiger charge is 2.21. The van der Waals surface area contributed by atoms with E-state index in [1.165, 1.54) is 0 Å². The van der Waals surface area contributed by atoms with Crippen molar-refractivity contribution in [1.29, 1.82) is 0 Å². The topological polar surface area (TPSA) is 40.5 Å². The Bertz CT molecular complexity index is 132. The van der Waals surface area contributed by atoms with Gasteiger partial charge in [0.15, 0.2) is 0 Å². The van der Waals surface area contributed by atoms with E-state index in [1.54, 1.807) is 11.8 Å². The maximum atomic E-state index is 10.7. The fraction of sp³-hybridized carbons (Fsp3) is 0.833. The summed E-state index contributed by atoms with van der Waals surface area (Å²) in [7, 11) is 0. The van der Waals surface area contributed by atoms with Gasteiger partial charge in [0.2, 0.25) is 5.91 Å². The van der Waals surface area contributed by atoms with Crippen LogP contribution in [0.1, 0.15) is 6.92 Å². The second kappa shape index (κ2) is 3.06. The van der Waals surface area contributed by atoms with Crippen molar-refractivity contribution < 1.29 is 9.82 Å². The minimum absolute atomic E-state index is 0.118. The van der Waals surface area contributed by atoms with Crippen molar-refractivity contribution in [2.45, 2.75) is 19.6 Å². The molecule has 10 heavy (non-hydrogen) atoms. The highest BCUT2D eigenvalue weighted by Crippen LogP contribution is 2.08. The normalized spacial score (nSPS) is 19.4. The quantitative estimate of drug-likeness (QED) is 0.476. The van der Waals surface area contributed by atoms with Gasteiger partial charge in [-0.05, 0) is 12.6 Å². The highest BCUT2D eigenvalue weighted by atomic mass is 16.2. The molecule has 0 unspecified atom stereocenters. The van der Waals surface area contributed by atoms with Crippen molar-refractivity contribution in [3.8, 4) is 0 Å². The Morgan fingerprint density at radius 1 is 1.50 bits per heavy atom. The zero-order chi connectivity index (χ0) is 7.56. The molecular formula is C6H12BNO2. The molecule has 0 radical (unpaired) electrons. The standard InChI is InChI=1S/C6H12BNO2/c1-6(9)8-4-2-7(10)3-5-8/h10H,2-5H2,1H3. The molecule has 0 atom stereocenters. The average molecular weight is 141 g/mol. The van der Waals surface area contributed by atoms with Crippen molar-refractivity contribution in [2.75, 3.05) is 13.1 Å². The van der Waals surface area contributed by atoms with Crippen LogP contribution < -0.4 is 0 Å². The number of rotatable bonds is 0. The van der Waals surface area contributed by atoms with Gasteiger partial charge in [0, 0.05) is 20.0 Å². The summed E-state index contributed by atoms with van der Waals surface area (Å²) in [6, 6.07) is 0. The molecule has 0 bridgehead atoms. The van der Waals surface area contributed by atoms with E-state index >= 15 is 0 Å². The van der Waals surface area contributed by atoms with Gasteiger partial charge < -0.3 is 9.92 Å². The van der Waals surface area contributed by atoms with Gasteiger partial charge in [0.25, 0.3) is 6.92 Å². The summed E-state index contributed by atoms with van der Waals surface area (Å²) in [4.78, 5) is 12.5. The van der Waals surface area contributed by atoms with Crippen LogP contribution in [0.2, 0.25) is 12.6 Å². The molecule has 1 amide bonds. The Morgan fingerprint density at radius 2 is 2.00 bits per heavy atom. The molecule has 0 saturated carbocycles. The number of carbonyl (C=O) groups excluding carboxylic acids is 1. The maximum Gasteiger partial charge on any atom is 0.292 e. The van der Waals surface area contributed by atoms with Gasteiger partial charge in [-0.1, -0.05) is 0 Å². The third-order valence-corrected chi connectivity index (χ3v) is 1.91. The summed E-state index contributed by atoms with van der Waals surface area (Å²) < 4.78 is 0. The van der Waals surface area contributed by atoms with Crippen molar-refractivity contribution >= 4 is 12.8 Å². The van der Waals surface area contributed by atoms with Crippen LogP contribution in [0.3, 0.4) is 0 Å². The first kappa shape index (κ1) is 7.60. The van der Waals surface area contributed by atoms with Gasteiger partial charge in [0.05, 0.1) is 0 Å². The number of hydrogen-bond acceptors (Lipinski definition) is 2. The predicted octanol–water partition coefficient (Wildman–Crippen LogP) is -0.168. The summed E-state index contributed by atoms with van der Waals surface area (Å²) in [6.07, 6.45) is 1.47. The van der Waals surface area contributed by atoms with Crippen LogP contribution in [0, 0.1) is 0 Å². The molecular weight excluding hydrogens is 129 g/mol. The smallest absolute Gasteiger partial charge is 0.292 e. The summed E-state index contributed by atoms with van der Waals surface area (Å²) in [5.41, 5.74) is 0. The summed E-state index contributed by atoms with van der Waals surface area (Å²) in [5.74, 6) is 0.118. The van der Waals surface area contributed by atoms with Gasteiger partial charge in [-0.3, -0.25) is 4.79 Å². The maximum absolute atomic E-state index is 10.7. The molecule has 0 spiro atoms. The molecule has 3 nitrogen and oxygen atoms in total. The first-order valence-electron chi connectivity index (χ1n) is 3.63. The summed E-state index contributed by atoms with van der Waals surface area (Å²) in [5, 5.41) is 9.07. The molecule has 0 aromatic carbocycles. The predicted molar refractivity (Wildman–Crippen MR) is 39.8 cm³/mol. The van der Waals surface area contributed by atoms with Crippen LogP contribution in [0.25, 0.3) is 0 Å². The van der Waals surface area contributed by atoms with Gasteiger partial charge in [-0.2, -0.15) is 0 Å². The lowest BCUT2D eigenvalue weighted by Crippen LogP contribution is -2.39. The fourth-order valence-electron chi connectivity index (χ4n) is 1.18. The van der Waals surface area contributed by atoms with Crippen molar-refractivity contribution in [2.24, 2.45) is 0 Å². The largest absolute Gasteiger partial charge is 0.450 e. The van der Waals surface area contributed by atoms with Crippen molar-refractivity contribution in [3.63, 3.8) is 0 Å². The van der Waals surface area contributed by atoms with E-state index in [4.69, 9.17) is 5.02 Å². The molecule has 1 aliphatic rings. The van der Waals surface area contributed by atoms with Gasteiger partial charge >= 0.3 is 0 Å². The zero-order valence-electron chi connectivity index (χ0n) is 6.21. The van der Waals surface area contributed by atoms with Crippen molar-refractivity contribution in [3.05, 3.63) is 0 Å². The lowest BCUT2D eigenvalue weighted by Gasteiger charge is -2.26. The molecule has 1 rings (SSSR count). The Kier molecular flexibility index (Phi) is 2.32. The fourth-order valence-corrected chi connectivity index (χ4v) is 1.18. The van der Waals surface area contributed by atoms with E-state index < -0.39 is 0 Å². The zero-order valence-corrected chi connectivity index (χ0v) is 6.21. The number of hydrogen-bond donors (Lipinski definition) is 1. The van der Waals surface area contributed by atoms with Crippen LogP contribution in [-0.2, 0) is 4.79 Å². The number of nitrogens with zero attached hydrogens (tertiary/aromatic N) is 1. The van der Waals surface area contributed by atoms with Crippen LogP contribution in [0.5, 0.6) is 0 Å². The molecule has 4 heteroatoms.